The van der Waals surface area contributed by atoms with Crippen LogP contribution in [0.1, 0.15) is 59.9 Å². The molecule has 1 aliphatic rings. The van der Waals surface area contributed by atoms with Crippen LogP contribution in [0.5, 0.6) is 0 Å². The van der Waals surface area contributed by atoms with Gasteiger partial charge in [0.25, 0.3) is 5.91 Å². The first-order valence-electron chi connectivity index (χ1n) is 8.33. The molecule has 23 heavy (non-hydrogen) atoms. The summed E-state index contributed by atoms with van der Waals surface area (Å²) in [4.78, 5) is 19.2. The molecule has 1 unspecified atom stereocenters. The van der Waals surface area contributed by atoms with Crippen molar-refractivity contribution in [3.8, 4) is 0 Å². The zero-order valence-corrected chi connectivity index (χ0v) is 14.1. The van der Waals surface area contributed by atoms with E-state index in [1.165, 1.54) is 0 Å². The van der Waals surface area contributed by atoms with Gasteiger partial charge in [-0.1, -0.05) is 12.1 Å². The van der Waals surface area contributed by atoms with Crippen molar-refractivity contribution in [2.45, 2.75) is 45.4 Å². The summed E-state index contributed by atoms with van der Waals surface area (Å²) in [5.74, 6) is 2.09. The van der Waals surface area contributed by atoms with E-state index in [4.69, 9.17) is 4.52 Å². The van der Waals surface area contributed by atoms with Gasteiger partial charge in [0.1, 0.15) is 11.6 Å². The number of nitrogens with zero attached hydrogens (tertiary/aromatic N) is 4. The van der Waals surface area contributed by atoms with Crippen LogP contribution in [0, 0.1) is 6.92 Å². The van der Waals surface area contributed by atoms with E-state index in [9.17, 15) is 4.79 Å². The topological polar surface area (TPSA) is 64.2 Å². The van der Waals surface area contributed by atoms with Crippen molar-refractivity contribution in [2.24, 2.45) is 7.05 Å². The van der Waals surface area contributed by atoms with Crippen LogP contribution in [0.4, 0.5) is 0 Å². The van der Waals surface area contributed by atoms with Crippen molar-refractivity contribution in [3.05, 3.63) is 35.2 Å². The Hall–Kier alpha value is -2.11. The van der Waals surface area contributed by atoms with Gasteiger partial charge in [-0.15, -0.1) is 0 Å². The summed E-state index contributed by atoms with van der Waals surface area (Å²) in [7, 11) is 2.02. The third-order valence-corrected chi connectivity index (χ3v) is 4.38. The fourth-order valence-corrected chi connectivity index (χ4v) is 3.33. The van der Waals surface area contributed by atoms with E-state index in [1.807, 2.05) is 25.1 Å². The third-order valence-electron chi connectivity index (χ3n) is 4.38. The number of imidazole rings is 1. The summed E-state index contributed by atoms with van der Waals surface area (Å²) >= 11 is 0. The molecule has 3 heterocycles. The van der Waals surface area contributed by atoms with Crippen LogP contribution in [0.3, 0.4) is 0 Å². The van der Waals surface area contributed by atoms with E-state index in [0.29, 0.717) is 12.2 Å². The molecule has 0 spiro atoms. The molecule has 1 aliphatic heterocycles. The van der Waals surface area contributed by atoms with E-state index in [0.717, 1.165) is 49.5 Å². The molecule has 1 atom stereocenters. The fraction of sp³-hybridized carbons (Fsp3) is 0.588. The Morgan fingerprint density at radius 1 is 1.48 bits per heavy atom. The van der Waals surface area contributed by atoms with Crippen molar-refractivity contribution in [1.82, 2.24) is 19.6 Å². The monoisotopic (exact) mass is 316 g/mol. The number of hydrogen-bond donors (Lipinski definition) is 0. The SMILES string of the molecule is CCCc1cc(C(=O)N2CCCC(c3nc(C)cn3C)C2)no1. The summed E-state index contributed by atoms with van der Waals surface area (Å²) in [5, 5.41) is 3.94. The standard InChI is InChI=1S/C17H24N4O2/c1-4-6-14-9-15(19-23-14)17(22)21-8-5-7-13(11-21)16-18-12(2)10-20(16)3/h9-10,13H,4-8,11H2,1-3H3. The second kappa shape index (κ2) is 6.56. The number of carbonyl (C=O) groups excluding carboxylic acids is 1. The molecule has 124 valence electrons. The van der Waals surface area contributed by atoms with Crippen LogP contribution < -0.4 is 0 Å². The minimum absolute atomic E-state index is 0.0354. The summed E-state index contributed by atoms with van der Waals surface area (Å²) < 4.78 is 7.31. The Morgan fingerprint density at radius 2 is 2.30 bits per heavy atom. The Morgan fingerprint density at radius 3 is 3.00 bits per heavy atom. The third kappa shape index (κ3) is 3.30. The van der Waals surface area contributed by atoms with Gasteiger partial charge >= 0.3 is 0 Å². The number of likely N-dealkylation sites (tertiary alicyclic amines) is 1. The van der Waals surface area contributed by atoms with Crippen molar-refractivity contribution < 1.29 is 9.32 Å². The smallest absolute Gasteiger partial charge is 0.276 e. The molecule has 6 heteroatoms. The molecule has 0 bridgehead atoms. The number of piperidine rings is 1. The number of amides is 1. The fourth-order valence-electron chi connectivity index (χ4n) is 3.33. The molecule has 2 aromatic heterocycles. The highest BCUT2D eigenvalue weighted by Crippen LogP contribution is 2.27. The zero-order valence-electron chi connectivity index (χ0n) is 14.1. The van der Waals surface area contributed by atoms with Gasteiger partial charge in [0.05, 0.1) is 5.69 Å². The predicted octanol–water partition coefficient (Wildman–Crippen LogP) is 2.69. The first kappa shape index (κ1) is 15.8. The highest BCUT2D eigenvalue weighted by Gasteiger charge is 2.29. The van der Waals surface area contributed by atoms with Crippen LogP contribution in [-0.4, -0.2) is 38.6 Å². The highest BCUT2D eigenvalue weighted by atomic mass is 16.5. The van der Waals surface area contributed by atoms with Gasteiger partial charge in [-0.2, -0.15) is 0 Å². The van der Waals surface area contributed by atoms with E-state index < -0.39 is 0 Å². The highest BCUT2D eigenvalue weighted by molar-refractivity contribution is 5.92. The van der Waals surface area contributed by atoms with Gasteiger partial charge in [0.2, 0.25) is 0 Å². The van der Waals surface area contributed by atoms with E-state index in [-0.39, 0.29) is 11.8 Å². The van der Waals surface area contributed by atoms with Gasteiger partial charge in [0, 0.05) is 44.7 Å². The van der Waals surface area contributed by atoms with Crippen LogP contribution in [-0.2, 0) is 13.5 Å². The number of aryl methyl sites for hydroxylation is 3. The molecule has 0 N–H and O–H groups in total. The van der Waals surface area contributed by atoms with Crippen molar-refractivity contribution in [1.29, 1.82) is 0 Å². The molecular weight excluding hydrogens is 292 g/mol. The maximum Gasteiger partial charge on any atom is 0.276 e. The second-order valence-corrected chi connectivity index (χ2v) is 6.37. The first-order valence-corrected chi connectivity index (χ1v) is 8.33. The Labute approximate surface area is 136 Å². The van der Waals surface area contributed by atoms with Crippen LogP contribution in [0.25, 0.3) is 0 Å². The van der Waals surface area contributed by atoms with Crippen LogP contribution in [0.15, 0.2) is 16.8 Å². The largest absolute Gasteiger partial charge is 0.361 e. The predicted molar refractivity (Wildman–Crippen MR) is 86.3 cm³/mol. The normalized spacial score (nSPS) is 18.4. The molecule has 1 fully saturated rings. The molecule has 1 saturated heterocycles. The molecule has 0 aromatic carbocycles. The molecule has 6 nitrogen and oxygen atoms in total. The maximum atomic E-state index is 12.7. The molecule has 2 aromatic rings. The number of rotatable bonds is 4. The van der Waals surface area contributed by atoms with E-state index >= 15 is 0 Å². The van der Waals surface area contributed by atoms with Gasteiger partial charge in [-0.05, 0) is 26.2 Å². The van der Waals surface area contributed by atoms with Crippen LogP contribution in [0.2, 0.25) is 0 Å². The van der Waals surface area contributed by atoms with Gasteiger partial charge in [0.15, 0.2) is 5.69 Å². The van der Waals surface area contributed by atoms with E-state index in [1.54, 1.807) is 6.07 Å². The Bertz CT molecular complexity index is 689. The van der Waals surface area contributed by atoms with Crippen LogP contribution >= 0.6 is 0 Å². The van der Waals surface area contributed by atoms with Crippen molar-refractivity contribution in [2.75, 3.05) is 13.1 Å². The summed E-state index contributed by atoms with van der Waals surface area (Å²) in [5.41, 5.74) is 1.44. The van der Waals surface area contributed by atoms with Gasteiger partial charge < -0.3 is 14.0 Å². The molecule has 0 saturated carbocycles. The Balaban J connectivity index is 1.72. The minimum Gasteiger partial charge on any atom is -0.361 e. The lowest BCUT2D eigenvalue weighted by molar-refractivity contribution is 0.0693. The number of aromatic nitrogens is 3. The van der Waals surface area contributed by atoms with Gasteiger partial charge in [-0.3, -0.25) is 4.79 Å². The Kier molecular flexibility index (Phi) is 4.50. The van der Waals surface area contributed by atoms with Gasteiger partial charge in [-0.25, -0.2) is 4.98 Å². The average Bonchev–Trinajstić information content (AvgIpc) is 3.13. The average molecular weight is 316 g/mol. The quantitative estimate of drug-likeness (QED) is 0.870. The molecular formula is C17H24N4O2. The summed E-state index contributed by atoms with van der Waals surface area (Å²) in [6.07, 6.45) is 5.88. The lowest BCUT2D eigenvalue weighted by Gasteiger charge is -2.31. The molecule has 1 amide bonds. The van der Waals surface area contributed by atoms with Crippen molar-refractivity contribution in [3.63, 3.8) is 0 Å². The summed E-state index contributed by atoms with van der Waals surface area (Å²) in [6, 6.07) is 1.78. The molecule has 3 rings (SSSR count). The maximum absolute atomic E-state index is 12.7. The number of hydrogen-bond acceptors (Lipinski definition) is 4. The molecule has 0 aliphatic carbocycles. The molecule has 0 radical (unpaired) electrons. The summed E-state index contributed by atoms with van der Waals surface area (Å²) in [6.45, 7) is 5.54. The first-order chi connectivity index (χ1) is 11.1. The van der Waals surface area contributed by atoms with E-state index in [2.05, 4.69) is 21.6 Å². The lowest BCUT2D eigenvalue weighted by Crippen LogP contribution is -2.39. The number of carbonyl (C=O) groups is 1. The zero-order chi connectivity index (χ0) is 16.4. The van der Waals surface area contributed by atoms with Crippen molar-refractivity contribution >= 4 is 5.91 Å². The minimum atomic E-state index is -0.0354. The second-order valence-electron chi connectivity index (χ2n) is 6.37. The lowest BCUT2D eigenvalue weighted by atomic mass is 9.97.